The van der Waals surface area contributed by atoms with Crippen LogP contribution >= 0.6 is 11.8 Å². The summed E-state index contributed by atoms with van der Waals surface area (Å²) in [4.78, 5) is 14.0. The number of rotatable bonds is 2. The van der Waals surface area contributed by atoms with E-state index in [-0.39, 0.29) is 6.09 Å². The fourth-order valence-corrected chi connectivity index (χ4v) is 5.11. The number of ether oxygens (including phenoxy) is 1. The van der Waals surface area contributed by atoms with Gasteiger partial charge >= 0.3 is 6.09 Å². The van der Waals surface area contributed by atoms with E-state index in [0.717, 1.165) is 24.6 Å². The topological polar surface area (TPSA) is 41.6 Å². The van der Waals surface area contributed by atoms with Crippen molar-refractivity contribution < 1.29 is 9.53 Å². The maximum Gasteiger partial charge on any atom is 0.410 e. The van der Waals surface area contributed by atoms with Crippen LogP contribution in [0.2, 0.25) is 0 Å². The van der Waals surface area contributed by atoms with Crippen molar-refractivity contribution >= 4 is 17.9 Å². The van der Waals surface area contributed by atoms with E-state index in [1.807, 2.05) is 37.4 Å². The van der Waals surface area contributed by atoms with Crippen molar-refractivity contribution in [2.45, 2.75) is 44.2 Å². The highest BCUT2D eigenvalue weighted by molar-refractivity contribution is 7.98. The second-order valence-corrected chi connectivity index (χ2v) is 9.20. The van der Waals surface area contributed by atoms with Gasteiger partial charge in [0.25, 0.3) is 0 Å². The molecule has 0 bridgehead atoms. The maximum atomic E-state index is 12.2. The molecule has 3 unspecified atom stereocenters. The van der Waals surface area contributed by atoms with Crippen molar-refractivity contribution in [3.8, 4) is 0 Å². The van der Waals surface area contributed by atoms with Gasteiger partial charge in [-0.2, -0.15) is 11.8 Å². The lowest BCUT2D eigenvalue weighted by Crippen LogP contribution is -2.40. The Morgan fingerprint density at radius 1 is 1.25 bits per heavy atom. The van der Waals surface area contributed by atoms with Crippen molar-refractivity contribution in [3.63, 3.8) is 0 Å². The van der Waals surface area contributed by atoms with Crippen LogP contribution in [-0.2, 0) is 10.5 Å². The first kappa shape index (κ1) is 16.3. The van der Waals surface area contributed by atoms with E-state index in [9.17, 15) is 4.79 Å². The highest BCUT2D eigenvalue weighted by atomic mass is 32.2. The number of fused-ring (bicyclic) bond motifs is 2. The SMILES string of the molecule is CC(C)(C)OC(=O)N1CC2C(C1)C2NC1CSCc2ccccc21. The van der Waals surface area contributed by atoms with Gasteiger partial charge in [-0.15, -0.1) is 0 Å². The number of hydrogen-bond acceptors (Lipinski definition) is 4. The largest absolute Gasteiger partial charge is 0.444 e. The third-order valence-electron chi connectivity index (χ3n) is 5.21. The van der Waals surface area contributed by atoms with Gasteiger partial charge in [0.05, 0.1) is 0 Å². The summed E-state index contributed by atoms with van der Waals surface area (Å²) in [6, 6.07) is 9.78. The minimum absolute atomic E-state index is 0.160. The first-order valence-corrected chi connectivity index (χ1v) is 9.97. The molecule has 0 spiro atoms. The van der Waals surface area contributed by atoms with Gasteiger partial charge in [0, 0.05) is 36.7 Å². The molecule has 24 heavy (non-hydrogen) atoms. The Hall–Kier alpha value is -1.20. The molecule has 4 rings (SSSR count). The fraction of sp³-hybridized carbons (Fsp3) is 0.632. The third kappa shape index (κ3) is 3.16. The van der Waals surface area contributed by atoms with Crippen LogP contribution in [0.15, 0.2) is 24.3 Å². The van der Waals surface area contributed by atoms with E-state index >= 15 is 0 Å². The molecule has 3 atom stereocenters. The standard InChI is InChI=1S/C19H26N2O2S/c1-19(2,3)23-18(22)21-8-14-15(9-21)17(14)20-16-11-24-10-12-6-4-5-7-13(12)16/h4-7,14-17,20H,8-11H2,1-3H3. The molecule has 0 radical (unpaired) electrons. The summed E-state index contributed by atoms with van der Waals surface area (Å²) in [5.74, 6) is 3.45. The molecular weight excluding hydrogens is 320 g/mol. The zero-order chi connectivity index (χ0) is 16.9. The molecule has 1 aliphatic carbocycles. The van der Waals surface area contributed by atoms with Crippen molar-refractivity contribution in [1.82, 2.24) is 10.2 Å². The number of nitrogens with one attached hydrogen (secondary N) is 1. The minimum atomic E-state index is -0.412. The highest BCUT2D eigenvalue weighted by Gasteiger charge is 2.57. The Morgan fingerprint density at radius 2 is 1.96 bits per heavy atom. The third-order valence-corrected chi connectivity index (χ3v) is 6.30. The molecule has 1 saturated carbocycles. The number of benzene rings is 1. The first-order valence-electron chi connectivity index (χ1n) is 8.82. The second kappa shape index (κ2) is 5.95. The number of carbonyl (C=O) groups excluding carboxylic acids is 1. The van der Waals surface area contributed by atoms with Gasteiger partial charge in [-0.1, -0.05) is 24.3 Å². The van der Waals surface area contributed by atoms with Crippen LogP contribution in [0.4, 0.5) is 4.79 Å². The number of amides is 1. The van der Waals surface area contributed by atoms with Crippen LogP contribution < -0.4 is 5.32 Å². The average molecular weight is 346 g/mol. The lowest BCUT2D eigenvalue weighted by Gasteiger charge is -2.29. The Labute approximate surface area is 148 Å². The van der Waals surface area contributed by atoms with Gasteiger partial charge in [-0.3, -0.25) is 0 Å². The van der Waals surface area contributed by atoms with Crippen LogP contribution in [0.1, 0.15) is 37.9 Å². The zero-order valence-electron chi connectivity index (χ0n) is 14.6. The smallest absolute Gasteiger partial charge is 0.410 e. The first-order chi connectivity index (χ1) is 11.4. The summed E-state index contributed by atoms with van der Waals surface area (Å²) in [6.45, 7) is 7.43. The number of piperidine rings is 1. The van der Waals surface area contributed by atoms with Gasteiger partial charge in [0.2, 0.25) is 0 Å². The molecule has 4 nitrogen and oxygen atoms in total. The number of carbonyl (C=O) groups is 1. The predicted molar refractivity (Wildman–Crippen MR) is 97.1 cm³/mol. The van der Waals surface area contributed by atoms with E-state index in [0.29, 0.717) is 23.9 Å². The van der Waals surface area contributed by atoms with Gasteiger partial charge in [0.15, 0.2) is 0 Å². The van der Waals surface area contributed by atoms with E-state index < -0.39 is 5.60 Å². The molecule has 2 heterocycles. The Balaban J connectivity index is 1.33. The molecule has 1 N–H and O–H groups in total. The molecule has 1 aromatic carbocycles. The van der Waals surface area contributed by atoms with Crippen LogP contribution in [0.25, 0.3) is 0 Å². The summed E-state index contributed by atoms with van der Waals surface area (Å²) in [5.41, 5.74) is 2.52. The second-order valence-electron chi connectivity index (χ2n) is 8.17. The number of thioether (sulfide) groups is 1. The maximum absolute atomic E-state index is 12.2. The van der Waals surface area contributed by atoms with Crippen LogP contribution in [0.3, 0.4) is 0 Å². The molecule has 130 valence electrons. The predicted octanol–water partition coefficient (Wildman–Crippen LogP) is 3.43. The van der Waals surface area contributed by atoms with E-state index in [4.69, 9.17) is 4.74 Å². The molecule has 0 aromatic heterocycles. The van der Waals surface area contributed by atoms with Gasteiger partial charge in [-0.25, -0.2) is 4.79 Å². The van der Waals surface area contributed by atoms with E-state index in [1.165, 1.54) is 11.1 Å². The van der Waals surface area contributed by atoms with Gasteiger partial charge in [-0.05, 0) is 43.7 Å². The molecule has 2 aliphatic heterocycles. The number of hydrogen-bond donors (Lipinski definition) is 1. The number of likely N-dealkylation sites (tertiary alicyclic amines) is 1. The van der Waals surface area contributed by atoms with Crippen molar-refractivity contribution in [2.24, 2.45) is 11.8 Å². The molecule has 1 amide bonds. The zero-order valence-corrected chi connectivity index (χ0v) is 15.4. The highest BCUT2D eigenvalue weighted by Crippen LogP contribution is 2.47. The van der Waals surface area contributed by atoms with Crippen LogP contribution in [0, 0.1) is 11.8 Å². The normalized spacial score (nSPS) is 31.4. The lowest BCUT2D eigenvalue weighted by atomic mass is 10.0. The molecule has 1 aromatic rings. The Bertz CT molecular complexity index is 630. The van der Waals surface area contributed by atoms with E-state index in [2.05, 4.69) is 29.6 Å². The minimum Gasteiger partial charge on any atom is -0.444 e. The summed E-state index contributed by atoms with van der Waals surface area (Å²) < 4.78 is 5.49. The molecule has 5 heteroatoms. The molecule has 3 aliphatic rings. The quantitative estimate of drug-likeness (QED) is 0.891. The van der Waals surface area contributed by atoms with Crippen LogP contribution in [-0.4, -0.2) is 41.5 Å². The Kier molecular flexibility index (Phi) is 4.04. The van der Waals surface area contributed by atoms with E-state index in [1.54, 1.807) is 0 Å². The summed E-state index contributed by atoms with van der Waals surface area (Å²) in [7, 11) is 0. The van der Waals surface area contributed by atoms with Gasteiger partial charge < -0.3 is 15.0 Å². The van der Waals surface area contributed by atoms with Gasteiger partial charge in [0.1, 0.15) is 5.60 Å². The average Bonchev–Trinajstić information content (AvgIpc) is 2.96. The summed E-state index contributed by atoms with van der Waals surface area (Å²) in [5, 5.41) is 3.86. The number of nitrogens with zero attached hydrogens (tertiary/aromatic N) is 1. The molecule has 1 saturated heterocycles. The summed E-state index contributed by atoms with van der Waals surface area (Å²) in [6.07, 6.45) is -0.160. The molecule has 2 fully saturated rings. The lowest BCUT2D eigenvalue weighted by molar-refractivity contribution is 0.0269. The molecular formula is C19H26N2O2S. The van der Waals surface area contributed by atoms with Crippen LogP contribution in [0.5, 0.6) is 0 Å². The monoisotopic (exact) mass is 346 g/mol. The Morgan fingerprint density at radius 3 is 2.67 bits per heavy atom. The fourth-order valence-electron chi connectivity index (χ4n) is 4.00. The van der Waals surface area contributed by atoms with Crippen molar-refractivity contribution in [1.29, 1.82) is 0 Å². The van der Waals surface area contributed by atoms with Crippen molar-refractivity contribution in [3.05, 3.63) is 35.4 Å². The summed E-state index contributed by atoms with van der Waals surface area (Å²) >= 11 is 2.01. The van der Waals surface area contributed by atoms with Crippen molar-refractivity contribution in [2.75, 3.05) is 18.8 Å².